The van der Waals surface area contributed by atoms with Gasteiger partial charge in [-0.15, -0.1) is 0 Å². The lowest BCUT2D eigenvalue weighted by Gasteiger charge is -2.23. The topological polar surface area (TPSA) is 40.6 Å². The summed E-state index contributed by atoms with van der Waals surface area (Å²) in [7, 11) is -3.42. The fourth-order valence-electron chi connectivity index (χ4n) is 3.12. The van der Waals surface area contributed by atoms with Crippen molar-refractivity contribution in [3.05, 3.63) is 27.7 Å². The largest absolute Gasteiger partial charge is 0.299 e. The molecule has 0 spiro atoms. The maximum atomic E-state index is 12.7. The summed E-state index contributed by atoms with van der Waals surface area (Å²) >= 11 is 9.23. The quantitative estimate of drug-likeness (QED) is 0.793. The van der Waals surface area contributed by atoms with Gasteiger partial charge in [0.1, 0.15) is 0 Å². The lowest BCUT2D eigenvalue weighted by atomic mass is 10.2. The minimum absolute atomic E-state index is 0.306. The summed E-state index contributed by atoms with van der Waals surface area (Å²) in [5, 5.41) is 0.519. The van der Waals surface area contributed by atoms with Crippen molar-refractivity contribution >= 4 is 37.6 Å². The van der Waals surface area contributed by atoms with Gasteiger partial charge in [0, 0.05) is 23.6 Å². The molecule has 0 bridgehead atoms. The summed E-state index contributed by atoms with van der Waals surface area (Å²) in [5.74, 6) is 0. The van der Waals surface area contributed by atoms with Crippen LogP contribution in [-0.4, -0.2) is 49.8 Å². The first-order valence-corrected chi connectivity index (χ1v) is 9.79. The van der Waals surface area contributed by atoms with Crippen molar-refractivity contribution in [2.75, 3.05) is 26.2 Å². The number of nitrogens with zero attached hydrogens (tertiary/aromatic N) is 2. The van der Waals surface area contributed by atoms with Crippen molar-refractivity contribution in [3.63, 3.8) is 0 Å². The second-order valence-corrected chi connectivity index (χ2v) is 8.82. The summed E-state index contributed by atoms with van der Waals surface area (Å²) in [6.07, 6.45) is 3.38. The fraction of sp³-hybridized carbons (Fsp3) is 0.571. The molecule has 0 aliphatic carbocycles. The standard InChI is InChI=1S/C14H18BrClN2O2S/c15-13-9-12(3-4-14(13)16)21(19,20)18-8-5-11(10-18)17-6-1-2-7-17/h3-4,9,11H,1-2,5-8,10H2. The molecule has 1 aromatic rings. The molecule has 2 aliphatic heterocycles. The number of halogens is 2. The Balaban J connectivity index is 1.77. The molecule has 21 heavy (non-hydrogen) atoms. The van der Waals surface area contributed by atoms with Crippen LogP contribution in [0.1, 0.15) is 19.3 Å². The van der Waals surface area contributed by atoms with Crippen LogP contribution in [0.5, 0.6) is 0 Å². The Kier molecular flexibility index (Phi) is 4.62. The molecule has 7 heteroatoms. The molecular weight excluding hydrogens is 376 g/mol. The highest BCUT2D eigenvalue weighted by Crippen LogP contribution is 2.29. The van der Waals surface area contributed by atoms with Crippen LogP contribution in [0.3, 0.4) is 0 Å². The highest BCUT2D eigenvalue weighted by atomic mass is 79.9. The average Bonchev–Trinajstić information content (AvgIpc) is 3.11. The highest BCUT2D eigenvalue weighted by Gasteiger charge is 2.36. The van der Waals surface area contributed by atoms with E-state index >= 15 is 0 Å². The summed E-state index contributed by atoms with van der Waals surface area (Å²) in [6.45, 7) is 3.41. The Bertz CT molecular complexity index is 632. The molecule has 116 valence electrons. The zero-order valence-corrected chi connectivity index (χ0v) is 14.8. The number of sulfonamides is 1. The van der Waals surface area contributed by atoms with E-state index < -0.39 is 10.0 Å². The third-order valence-corrected chi connectivity index (χ3v) is 7.39. The number of benzene rings is 1. The zero-order valence-electron chi connectivity index (χ0n) is 11.6. The Morgan fingerprint density at radius 2 is 1.90 bits per heavy atom. The van der Waals surface area contributed by atoms with E-state index in [1.165, 1.54) is 12.8 Å². The maximum Gasteiger partial charge on any atom is 0.243 e. The van der Waals surface area contributed by atoms with Crippen LogP contribution in [0.15, 0.2) is 27.6 Å². The number of hydrogen-bond acceptors (Lipinski definition) is 3. The van der Waals surface area contributed by atoms with E-state index in [4.69, 9.17) is 11.6 Å². The van der Waals surface area contributed by atoms with Gasteiger partial charge in [-0.1, -0.05) is 11.6 Å². The van der Waals surface area contributed by atoms with E-state index in [2.05, 4.69) is 20.8 Å². The van der Waals surface area contributed by atoms with Gasteiger partial charge in [0.2, 0.25) is 10.0 Å². The Hall–Kier alpha value is -0.140. The predicted octanol–water partition coefficient (Wildman–Crippen LogP) is 2.96. The minimum atomic E-state index is -3.42. The second kappa shape index (κ2) is 6.16. The van der Waals surface area contributed by atoms with E-state index in [1.807, 2.05) is 0 Å². The summed E-state index contributed by atoms with van der Waals surface area (Å²) in [4.78, 5) is 2.73. The van der Waals surface area contributed by atoms with Gasteiger partial charge in [-0.3, -0.25) is 4.90 Å². The van der Waals surface area contributed by atoms with E-state index in [0.29, 0.717) is 33.5 Å². The van der Waals surface area contributed by atoms with Crippen molar-refractivity contribution in [1.29, 1.82) is 0 Å². The van der Waals surface area contributed by atoms with Crippen LogP contribution in [0.25, 0.3) is 0 Å². The van der Waals surface area contributed by atoms with Gasteiger partial charge >= 0.3 is 0 Å². The van der Waals surface area contributed by atoms with Crippen LogP contribution in [0, 0.1) is 0 Å². The molecular formula is C14H18BrClN2O2S. The summed E-state index contributed by atoms with van der Waals surface area (Å²) in [6, 6.07) is 5.15. The number of rotatable bonds is 3. The predicted molar refractivity (Wildman–Crippen MR) is 87.1 cm³/mol. The molecule has 1 atom stereocenters. The van der Waals surface area contributed by atoms with E-state index in [1.54, 1.807) is 22.5 Å². The SMILES string of the molecule is O=S(=O)(c1ccc(Cl)c(Br)c1)N1CCC(N2CCCC2)C1. The molecule has 2 heterocycles. The van der Waals surface area contributed by atoms with Gasteiger partial charge in [0.15, 0.2) is 0 Å². The third kappa shape index (κ3) is 3.15. The van der Waals surface area contributed by atoms with Gasteiger partial charge in [0.05, 0.1) is 9.92 Å². The summed E-state index contributed by atoms with van der Waals surface area (Å²) < 4.78 is 27.6. The summed E-state index contributed by atoms with van der Waals surface area (Å²) in [5.41, 5.74) is 0. The van der Waals surface area contributed by atoms with E-state index in [0.717, 1.165) is 19.5 Å². The van der Waals surface area contributed by atoms with Gasteiger partial charge < -0.3 is 0 Å². The first kappa shape index (κ1) is 15.7. The third-order valence-electron chi connectivity index (χ3n) is 4.31. The monoisotopic (exact) mass is 392 g/mol. The molecule has 2 saturated heterocycles. The second-order valence-electron chi connectivity index (χ2n) is 5.62. The maximum absolute atomic E-state index is 12.7. The molecule has 0 aromatic heterocycles. The van der Waals surface area contributed by atoms with E-state index in [9.17, 15) is 8.42 Å². The van der Waals surface area contributed by atoms with Crippen molar-refractivity contribution < 1.29 is 8.42 Å². The number of likely N-dealkylation sites (tertiary alicyclic amines) is 1. The first-order chi connectivity index (χ1) is 9.98. The average molecular weight is 394 g/mol. The fourth-order valence-corrected chi connectivity index (χ4v) is 5.29. The van der Waals surface area contributed by atoms with Gasteiger partial charge in [-0.25, -0.2) is 8.42 Å². The Morgan fingerprint density at radius 1 is 1.19 bits per heavy atom. The Labute approximate surface area is 139 Å². The van der Waals surface area contributed by atoms with Crippen LogP contribution >= 0.6 is 27.5 Å². The minimum Gasteiger partial charge on any atom is -0.299 e. The molecule has 0 N–H and O–H groups in total. The van der Waals surface area contributed by atoms with Crippen molar-refractivity contribution in [3.8, 4) is 0 Å². The zero-order chi connectivity index (χ0) is 15.0. The van der Waals surface area contributed by atoms with Gasteiger partial charge in [0.25, 0.3) is 0 Å². The van der Waals surface area contributed by atoms with Crippen molar-refractivity contribution in [1.82, 2.24) is 9.21 Å². The smallest absolute Gasteiger partial charge is 0.243 e. The van der Waals surface area contributed by atoms with Gasteiger partial charge in [-0.05, 0) is 66.5 Å². The highest BCUT2D eigenvalue weighted by molar-refractivity contribution is 9.10. The van der Waals surface area contributed by atoms with Crippen LogP contribution in [0.4, 0.5) is 0 Å². The molecule has 0 saturated carbocycles. The molecule has 2 aliphatic rings. The number of hydrogen-bond donors (Lipinski definition) is 0. The van der Waals surface area contributed by atoms with E-state index in [-0.39, 0.29) is 0 Å². The van der Waals surface area contributed by atoms with Crippen LogP contribution in [-0.2, 0) is 10.0 Å². The lowest BCUT2D eigenvalue weighted by Crippen LogP contribution is -2.37. The molecule has 0 amide bonds. The molecule has 3 rings (SSSR count). The normalized spacial score (nSPS) is 24.8. The van der Waals surface area contributed by atoms with Gasteiger partial charge in [-0.2, -0.15) is 4.31 Å². The van der Waals surface area contributed by atoms with Crippen molar-refractivity contribution in [2.24, 2.45) is 0 Å². The van der Waals surface area contributed by atoms with Crippen molar-refractivity contribution in [2.45, 2.75) is 30.2 Å². The first-order valence-electron chi connectivity index (χ1n) is 7.18. The molecule has 1 unspecified atom stereocenters. The van der Waals surface area contributed by atoms with Crippen LogP contribution < -0.4 is 0 Å². The van der Waals surface area contributed by atoms with Crippen LogP contribution in [0.2, 0.25) is 5.02 Å². The Morgan fingerprint density at radius 3 is 2.57 bits per heavy atom. The molecule has 0 radical (unpaired) electrons. The molecule has 1 aromatic carbocycles. The molecule has 2 fully saturated rings. The lowest BCUT2D eigenvalue weighted by molar-refractivity contribution is 0.251. The molecule has 4 nitrogen and oxygen atoms in total.